The van der Waals surface area contributed by atoms with E-state index in [1.165, 1.54) is 12.5 Å². The van der Waals surface area contributed by atoms with Crippen LogP contribution in [-0.2, 0) is 0 Å². The number of anilines is 1. The normalized spacial score (nSPS) is 23.3. The molecule has 0 N–H and O–H groups in total. The zero-order chi connectivity index (χ0) is 14.3. The molecule has 1 saturated heterocycles. The molecule has 2 unspecified atom stereocenters. The molecule has 4 heteroatoms. The molecule has 0 radical (unpaired) electrons. The fourth-order valence-corrected chi connectivity index (χ4v) is 3.30. The lowest BCUT2D eigenvalue weighted by Crippen LogP contribution is -2.38. The topological polar surface area (TPSA) is 16.1 Å². The fourth-order valence-electron chi connectivity index (χ4n) is 3.30. The summed E-state index contributed by atoms with van der Waals surface area (Å²) in [4.78, 5) is 6.15. The second-order valence-electron chi connectivity index (χ2n) is 5.93. The number of pyridine rings is 1. The van der Waals surface area contributed by atoms with Crippen molar-refractivity contribution in [1.82, 2.24) is 4.98 Å². The van der Waals surface area contributed by atoms with Crippen LogP contribution in [0.1, 0.15) is 20.3 Å². The van der Waals surface area contributed by atoms with Crippen molar-refractivity contribution in [3.05, 3.63) is 36.0 Å². The highest BCUT2D eigenvalue weighted by atomic mass is 19.1. The van der Waals surface area contributed by atoms with E-state index >= 15 is 0 Å². The molecular formula is C16H18F2N2. The van der Waals surface area contributed by atoms with Crippen LogP contribution in [0.25, 0.3) is 10.9 Å². The molecule has 2 atom stereocenters. The van der Waals surface area contributed by atoms with E-state index in [-0.39, 0.29) is 5.52 Å². The Morgan fingerprint density at radius 2 is 1.70 bits per heavy atom. The van der Waals surface area contributed by atoms with E-state index in [0.717, 1.165) is 24.8 Å². The van der Waals surface area contributed by atoms with Crippen LogP contribution in [0.4, 0.5) is 14.5 Å². The summed E-state index contributed by atoms with van der Waals surface area (Å²) in [6.07, 6.45) is 2.74. The predicted octanol–water partition coefficient (Wildman–Crippen LogP) is 4.00. The Labute approximate surface area is 117 Å². The smallest absolute Gasteiger partial charge is 0.149 e. The van der Waals surface area contributed by atoms with Crippen molar-refractivity contribution >= 4 is 16.6 Å². The van der Waals surface area contributed by atoms with Gasteiger partial charge in [0.2, 0.25) is 0 Å². The van der Waals surface area contributed by atoms with E-state index in [1.807, 2.05) is 0 Å². The standard InChI is InChI=1S/C16H18F2N2/c1-10-7-11(2)9-20(8-10)14-5-6-19-16-13(18)4-3-12(17)15(14)16/h3-6,10-11H,7-9H2,1-2H3. The predicted molar refractivity (Wildman–Crippen MR) is 76.8 cm³/mol. The van der Waals surface area contributed by atoms with E-state index in [0.29, 0.717) is 17.2 Å². The van der Waals surface area contributed by atoms with Crippen molar-refractivity contribution in [1.29, 1.82) is 0 Å². The number of piperidine rings is 1. The number of fused-ring (bicyclic) bond motifs is 1. The van der Waals surface area contributed by atoms with Crippen LogP contribution < -0.4 is 4.90 Å². The summed E-state index contributed by atoms with van der Waals surface area (Å²) in [6, 6.07) is 4.10. The van der Waals surface area contributed by atoms with Crippen molar-refractivity contribution in [2.45, 2.75) is 20.3 Å². The summed E-state index contributed by atoms with van der Waals surface area (Å²) in [7, 11) is 0. The van der Waals surface area contributed by atoms with Gasteiger partial charge < -0.3 is 4.90 Å². The van der Waals surface area contributed by atoms with Crippen LogP contribution in [0.5, 0.6) is 0 Å². The number of rotatable bonds is 1. The Balaban J connectivity index is 2.14. The second kappa shape index (κ2) is 5.00. The molecule has 2 nitrogen and oxygen atoms in total. The summed E-state index contributed by atoms with van der Waals surface area (Å²) in [5.74, 6) is 0.230. The maximum Gasteiger partial charge on any atom is 0.149 e. The van der Waals surface area contributed by atoms with Gasteiger partial charge in [-0.25, -0.2) is 8.78 Å². The molecule has 1 aliphatic heterocycles. The van der Waals surface area contributed by atoms with Crippen LogP contribution in [0.2, 0.25) is 0 Å². The Kier molecular flexibility index (Phi) is 3.32. The molecule has 2 heterocycles. The summed E-state index contributed by atoms with van der Waals surface area (Å²) in [5, 5.41) is 0.300. The number of benzene rings is 1. The third-order valence-electron chi connectivity index (χ3n) is 3.98. The SMILES string of the molecule is CC1CC(C)CN(c2ccnc3c(F)ccc(F)c23)C1. The Morgan fingerprint density at radius 3 is 2.40 bits per heavy atom. The first-order chi connectivity index (χ1) is 9.56. The van der Waals surface area contributed by atoms with Gasteiger partial charge in [-0.15, -0.1) is 0 Å². The van der Waals surface area contributed by atoms with Crippen molar-refractivity contribution in [3.63, 3.8) is 0 Å². The zero-order valence-corrected chi connectivity index (χ0v) is 11.7. The van der Waals surface area contributed by atoms with Gasteiger partial charge in [-0.2, -0.15) is 0 Å². The second-order valence-corrected chi connectivity index (χ2v) is 5.93. The lowest BCUT2D eigenvalue weighted by atomic mass is 9.91. The van der Waals surface area contributed by atoms with Crippen LogP contribution in [-0.4, -0.2) is 18.1 Å². The summed E-state index contributed by atoms with van der Waals surface area (Å²) < 4.78 is 28.0. The van der Waals surface area contributed by atoms with E-state index in [9.17, 15) is 8.78 Å². The quantitative estimate of drug-likeness (QED) is 0.782. The van der Waals surface area contributed by atoms with Crippen LogP contribution >= 0.6 is 0 Å². The van der Waals surface area contributed by atoms with Crippen LogP contribution in [0, 0.1) is 23.5 Å². The van der Waals surface area contributed by atoms with Crippen molar-refractivity contribution < 1.29 is 8.78 Å². The molecule has 0 spiro atoms. The van der Waals surface area contributed by atoms with Crippen molar-refractivity contribution in [3.8, 4) is 0 Å². The highest BCUT2D eigenvalue weighted by molar-refractivity contribution is 5.92. The minimum absolute atomic E-state index is 0.119. The first kappa shape index (κ1) is 13.3. The Hall–Kier alpha value is -1.71. The first-order valence-corrected chi connectivity index (χ1v) is 7.04. The van der Waals surface area contributed by atoms with E-state index in [2.05, 4.69) is 23.7 Å². The number of halogens is 2. The molecule has 20 heavy (non-hydrogen) atoms. The van der Waals surface area contributed by atoms with Crippen molar-refractivity contribution in [2.75, 3.05) is 18.0 Å². The maximum absolute atomic E-state index is 14.1. The molecule has 3 rings (SSSR count). The molecule has 2 aromatic rings. The average Bonchev–Trinajstić information content (AvgIpc) is 2.41. The van der Waals surface area contributed by atoms with Gasteiger partial charge in [0.15, 0.2) is 0 Å². The van der Waals surface area contributed by atoms with Crippen molar-refractivity contribution in [2.24, 2.45) is 11.8 Å². The van der Waals surface area contributed by atoms with Gasteiger partial charge in [0, 0.05) is 19.3 Å². The average molecular weight is 276 g/mol. The van der Waals surface area contributed by atoms with Gasteiger partial charge in [0.05, 0.1) is 11.1 Å². The van der Waals surface area contributed by atoms with Gasteiger partial charge in [-0.1, -0.05) is 13.8 Å². The maximum atomic E-state index is 14.1. The minimum Gasteiger partial charge on any atom is -0.370 e. The molecular weight excluding hydrogens is 258 g/mol. The van der Waals surface area contributed by atoms with E-state index in [4.69, 9.17) is 0 Å². The zero-order valence-electron chi connectivity index (χ0n) is 11.7. The van der Waals surface area contributed by atoms with E-state index < -0.39 is 11.6 Å². The molecule has 1 aromatic heterocycles. The molecule has 106 valence electrons. The molecule has 1 aliphatic rings. The van der Waals surface area contributed by atoms with Crippen LogP contribution in [0.3, 0.4) is 0 Å². The summed E-state index contributed by atoms with van der Waals surface area (Å²) >= 11 is 0. The Bertz CT molecular complexity index is 632. The Morgan fingerprint density at radius 1 is 1.05 bits per heavy atom. The number of nitrogens with zero attached hydrogens (tertiary/aromatic N) is 2. The summed E-state index contributed by atoms with van der Waals surface area (Å²) in [5.41, 5.74) is 0.874. The van der Waals surface area contributed by atoms with Gasteiger partial charge in [-0.05, 0) is 36.5 Å². The first-order valence-electron chi connectivity index (χ1n) is 7.04. The highest BCUT2D eigenvalue weighted by Crippen LogP contribution is 2.33. The van der Waals surface area contributed by atoms with Gasteiger partial charge >= 0.3 is 0 Å². The number of aromatic nitrogens is 1. The molecule has 0 saturated carbocycles. The van der Waals surface area contributed by atoms with Gasteiger partial charge in [0.25, 0.3) is 0 Å². The van der Waals surface area contributed by atoms with Gasteiger partial charge in [-0.3, -0.25) is 4.98 Å². The van der Waals surface area contributed by atoms with E-state index in [1.54, 1.807) is 12.3 Å². The number of hydrogen-bond acceptors (Lipinski definition) is 2. The van der Waals surface area contributed by atoms with Gasteiger partial charge in [0.1, 0.15) is 17.2 Å². The molecule has 0 bridgehead atoms. The minimum atomic E-state index is -0.471. The largest absolute Gasteiger partial charge is 0.370 e. The molecule has 0 aliphatic carbocycles. The van der Waals surface area contributed by atoms with Crippen LogP contribution in [0.15, 0.2) is 24.4 Å². The molecule has 1 aromatic carbocycles. The lowest BCUT2D eigenvalue weighted by Gasteiger charge is -2.37. The third kappa shape index (κ3) is 2.23. The fraction of sp³-hybridized carbons (Fsp3) is 0.438. The highest BCUT2D eigenvalue weighted by Gasteiger charge is 2.24. The number of hydrogen-bond donors (Lipinski definition) is 0. The summed E-state index contributed by atoms with van der Waals surface area (Å²) in [6.45, 7) is 6.14. The lowest BCUT2D eigenvalue weighted by molar-refractivity contribution is 0.357. The molecule has 0 amide bonds. The molecule has 1 fully saturated rings. The third-order valence-corrected chi connectivity index (χ3v) is 3.98. The monoisotopic (exact) mass is 276 g/mol.